The van der Waals surface area contributed by atoms with Gasteiger partial charge < -0.3 is 26.2 Å². The molecule has 4 unspecified atom stereocenters. The third kappa shape index (κ3) is 37.8. The van der Waals surface area contributed by atoms with Gasteiger partial charge in [-0.05, 0) is 25.7 Å². The van der Waals surface area contributed by atoms with E-state index < -0.39 is 38.6 Å². The molecule has 10 heteroatoms. The summed E-state index contributed by atoms with van der Waals surface area (Å²) in [7, 11) is -4.39. The van der Waals surface area contributed by atoms with Crippen LogP contribution in [0.1, 0.15) is 213 Å². The van der Waals surface area contributed by atoms with Crippen molar-refractivity contribution in [3.8, 4) is 0 Å². The molecule has 0 aromatic rings. The van der Waals surface area contributed by atoms with Crippen molar-refractivity contribution in [1.29, 1.82) is 0 Å². The average molecular weight is 787 g/mol. The lowest BCUT2D eigenvalue weighted by atomic mass is 10.0. The Labute approximate surface area is 332 Å². The molecular weight excluding hydrogens is 699 g/mol. The molecule has 0 saturated heterocycles. The van der Waals surface area contributed by atoms with Gasteiger partial charge in [0.05, 0.1) is 37.9 Å². The van der Waals surface area contributed by atoms with Crippen LogP contribution in [0.5, 0.6) is 0 Å². The van der Waals surface area contributed by atoms with Gasteiger partial charge >= 0.3 is 7.82 Å². The molecule has 0 aliphatic heterocycles. The summed E-state index contributed by atoms with van der Waals surface area (Å²) in [5, 5.41) is 24.0. The number of carbonyl (C=O) groups is 1. The fourth-order valence-electron chi connectivity index (χ4n) is 6.71. The number of amides is 1. The molecule has 0 spiro atoms. The molecule has 54 heavy (non-hydrogen) atoms. The lowest BCUT2D eigenvalue weighted by Crippen LogP contribution is -2.47. The molecule has 0 radical (unpaired) electrons. The maximum Gasteiger partial charge on any atom is 0.472 e. The Morgan fingerprint density at radius 1 is 0.648 bits per heavy atom. The third-order valence-corrected chi connectivity index (χ3v) is 11.1. The Balaban J connectivity index is 4.24. The zero-order chi connectivity index (χ0) is 39.8. The molecule has 0 aliphatic carbocycles. The maximum atomic E-state index is 12.8. The fourth-order valence-corrected chi connectivity index (χ4v) is 7.47. The van der Waals surface area contributed by atoms with Crippen molar-refractivity contribution in [3.63, 3.8) is 0 Å². The van der Waals surface area contributed by atoms with Crippen molar-refractivity contribution >= 4 is 13.7 Å². The van der Waals surface area contributed by atoms with Crippen LogP contribution in [-0.2, 0) is 18.4 Å². The second kappa shape index (κ2) is 40.1. The quantitative estimate of drug-likeness (QED) is 0.0233. The van der Waals surface area contributed by atoms with E-state index in [1.165, 1.54) is 154 Å². The molecule has 0 aliphatic rings. The van der Waals surface area contributed by atoms with Crippen molar-refractivity contribution in [3.05, 3.63) is 24.3 Å². The number of allylic oxidation sites excluding steroid dienone is 3. The lowest BCUT2D eigenvalue weighted by Gasteiger charge is -2.25. The summed E-state index contributed by atoms with van der Waals surface area (Å²) in [6.07, 6.45) is 42.6. The largest absolute Gasteiger partial charge is 0.472 e. The van der Waals surface area contributed by atoms with E-state index in [1.54, 1.807) is 6.08 Å². The summed E-state index contributed by atoms with van der Waals surface area (Å²) >= 11 is 0. The molecule has 6 N–H and O–H groups in total. The summed E-state index contributed by atoms with van der Waals surface area (Å²) in [5.41, 5.74) is 5.36. The number of hydrogen-bond donors (Lipinski definition) is 5. The number of phosphoric acid groups is 1. The monoisotopic (exact) mass is 787 g/mol. The Morgan fingerprint density at radius 3 is 1.56 bits per heavy atom. The third-order valence-electron chi connectivity index (χ3n) is 10.1. The van der Waals surface area contributed by atoms with E-state index in [-0.39, 0.29) is 19.6 Å². The van der Waals surface area contributed by atoms with Gasteiger partial charge in [-0.15, -0.1) is 0 Å². The molecular formula is C44H87N2O7P. The minimum absolute atomic E-state index is 0.0521. The number of aliphatic hydroxyl groups excluding tert-OH is 2. The first kappa shape index (κ1) is 52.9. The zero-order valence-corrected chi connectivity index (χ0v) is 36.0. The summed E-state index contributed by atoms with van der Waals surface area (Å²) in [5.74, 6) is -0.479. The zero-order valence-electron chi connectivity index (χ0n) is 35.1. The van der Waals surface area contributed by atoms with E-state index in [0.29, 0.717) is 12.8 Å². The highest BCUT2D eigenvalue weighted by atomic mass is 31.2. The average Bonchev–Trinajstić information content (AvgIpc) is 3.15. The van der Waals surface area contributed by atoms with E-state index in [4.69, 9.17) is 14.8 Å². The molecule has 1 amide bonds. The SMILES string of the molecule is CCCCCCCC/C=C\C/C=C\C(O)CC(=O)NC(COP(=O)(O)OCCN)C(O)CCCCCCCCCCCCCCCCCCCCCCC. The molecule has 0 heterocycles. The second-order valence-electron chi connectivity index (χ2n) is 15.5. The number of aliphatic hydroxyl groups is 2. The molecule has 0 aromatic carbocycles. The lowest BCUT2D eigenvalue weighted by molar-refractivity contribution is -0.124. The minimum Gasteiger partial charge on any atom is -0.391 e. The summed E-state index contributed by atoms with van der Waals surface area (Å²) in [4.78, 5) is 22.7. The highest BCUT2D eigenvalue weighted by Gasteiger charge is 2.28. The highest BCUT2D eigenvalue weighted by Crippen LogP contribution is 2.43. The number of rotatable bonds is 42. The van der Waals surface area contributed by atoms with Crippen LogP contribution in [-0.4, -0.2) is 59.0 Å². The molecule has 320 valence electrons. The van der Waals surface area contributed by atoms with Crippen molar-refractivity contribution in [2.45, 2.75) is 231 Å². The van der Waals surface area contributed by atoms with E-state index >= 15 is 0 Å². The van der Waals surface area contributed by atoms with E-state index in [0.717, 1.165) is 25.7 Å². The van der Waals surface area contributed by atoms with Gasteiger partial charge in [0.2, 0.25) is 5.91 Å². The normalized spacial score (nSPS) is 14.9. The Kier molecular flexibility index (Phi) is 39.4. The van der Waals surface area contributed by atoms with Crippen LogP contribution in [0, 0.1) is 0 Å². The number of hydrogen-bond acceptors (Lipinski definition) is 7. The van der Waals surface area contributed by atoms with Gasteiger partial charge in [0, 0.05) is 6.54 Å². The van der Waals surface area contributed by atoms with Gasteiger partial charge in [0.15, 0.2) is 0 Å². The van der Waals surface area contributed by atoms with Crippen LogP contribution in [0.3, 0.4) is 0 Å². The summed E-state index contributed by atoms with van der Waals surface area (Å²) in [6, 6.07) is -0.925. The molecule has 0 aromatic heterocycles. The Hall–Kier alpha value is -1.06. The van der Waals surface area contributed by atoms with E-state index in [1.807, 2.05) is 6.08 Å². The number of carbonyl (C=O) groups excluding carboxylic acids is 1. The second-order valence-corrected chi connectivity index (χ2v) is 16.9. The van der Waals surface area contributed by atoms with E-state index in [2.05, 4.69) is 31.3 Å². The van der Waals surface area contributed by atoms with Crippen molar-refractivity contribution in [2.24, 2.45) is 5.73 Å². The number of unbranched alkanes of at least 4 members (excludes halogenated alkanes) is 26. The maximum absolute atomic E-state index is 12.8. The first-order valence-electron chi connectivity index (χ1n) is 22.5. The molecule has 0 rings (SSSR count). The summed E-state index contributed by atoms with van der Waals surface area (Å²) < 4.78 is 22.1. The van der Waals surface area contributed by atoms with Gasteiger partial charge in [0.1, 0.15) is 0 Å². The first-order valence-corrected chi connectivity index (χ1v) is 24.0. The molecule has 0 saturated carbocycles. The van der Waals surface area contributed by atoms with E-state index in [9.17, 15) is 24.5 Å². The van der Waals surface area contributed by atoms with Gasteiger partial charge in [-0.25, -0.2) is 4.57 Å². The van der Waals surface area contributed by atoms with Crippen LogP contribution in [0.25, 0.3) is 0 Å². The summed E-state index contributed by atoms with van der Waals surface area (Å²) in [6.45, 7) is 4.00. The smallest absolute Gasteiger partial charge is 0.391 e. The molecule has 0 bridgehead atoms. The van der Waals surface area contributed by atoms with Crippen molar-refractivity contribution in [2.75, 3.05) is 19.8 Å². The predicted molar refractivity (Wildman–Crippen MR) is 227 cm³/mol. The standard InChI is InChI=1S/C44H87N2O7P/c1-3-5-7-9-11-13-15-16-17-18-19-20-21-22-23-24-26-28-30-32-34-36-43(48)42(40-53-54(50,51)52-38-37-45)46-44(49)39-41(47)35-33-31-29-27-25-14-12-10-8-6-4-2/h27,29,33,35,41-43,47-48H,3-26,28,30-32,34,36-40,45H2,1-2H3,(H,46,49)(H,50,51)/b29-27-,35-33-. The van der Waals surface area contributed by atoms with Crippen molar-refractivity contribution in [1.82, 2.24) is 5.32 Å². The van der Waals surface area contributed by atoms with Gasteiger partial charge in [-0.3, -0.25) is 13.8 Å². The van der Waals surface area contributed by atoms with Gasteiger partial charge in [0.25, 0.3) is 0 Å². The predicted octanol–water partition coefficient (Wildman–Crippen LogP) is 11.5. The fraction of sp³-hybridized carbons (Fsp3) is 0.886. The number of nitrogens with one attached hydrogen (secondary N) is 1. The Morgan fingerprint density at radius 2 is 1.09 bits per heavy atom. The minimum atomic E-state index is -4.39. The Bertz CT molecular complexity index is 919. The molecule has 9 nitrogen and oxygen atoms in total. The highest BCUT2D eigenvalue weighted by molar-refractivity contribution is 7.47. The topological polar surface area (TPSA) is 151 Å². The van der Waals surface area contributed by atoms with Crippen LogP contribution in [0.2, 0.25) is 0 Å². The number of phosphoric ester groups is 1. The van der Waals surface area contributed by atoms with Crippen molar-refractivity contribution < 1.29 is 33.5 Å². The first-order chi connectivity index (χ1) is 26.3. The van der Waals surface area contributed by atoms with Gasteiger partial charge in [-0.2, -0.15) is 0 Å². The van der Waals surface area contributed by atoms with Crippen LogP contribution < -0.4 is 11.1 Å². The molecule has 0 fully saturated rings. The van der Waals surface area contributed by atoms with Crippen LogP contribution in [0.4, 0.5) is 0 Å². The van der Waals surface area contributed by atoms with Crippen LogP contribution in [0.15, 0.2) is 24.3 Å². The van der Waals surface area contributed by atoms with Gasteiger partial charge in [-0.1, -0.05) is 205 Å². The number of nitrogens with two attached hydrogens (primary N) is 1. The molecule has 4 atom stereocenters. The van der Waals surface area contributed by atoms with Crippen LogP contribution >= 0.6 is 7.82 Å².